The molecule has 0 bridgehead atoms. The quantitative estimate of drug-likeness (QED) is 0.271. The highest BCUT2D eigenvalue weighted by Gasteiger charge is 2.09. The van der Waals surface area contributed by atoms with E-state index in [1.807, 2.05) is 36.1 Å². The van der Waals surface area contributed by atoms with Crippen LogP contribution in [0.1, 0.15) is 11.1 Å². The van der Waals surface area contributed by atoms with Crippen LogP contribution >= 0.6 is 24.0 Å². The van der Waals surface area contributed by atoms with Gasteiger partial charge < -0.3 is 19.7 Å². The molecule has 0 aliphatic rings. The number of hydrogen-bond donors (Lipinski definition) is 1. The molecule has 2 aromatic carbocycles. The van der Waals surface area contributed by atoms with E-state index in [0.29, 0.717) is 6.54 Å². The summed E-state index contributed by atoms with van der Waals surface area (Å²) in [6, 6.07) is 16.3. The molecule has 1 heterocycles. The first-order valence-corrected chi connectivity index (χ1v) is 9.86. The second-order valence-corrected chi connectivity index (χ2v) is 6.88. The minimum Gasteiger partial charge on any atom is -0.493 e. The first kappa shape index (κ1) is 24.5. The molecular weight excluding hydrogens is 505 g/mol. The summed E-state index contributed by atoms with van der Waals surface area (Å²) in [6.07, 6.45) is 4.58. The fourth-order valence-electron chi connectivity index (χ4n) is 3.19. The maximum atomic E-state index is 5.39. The lowest BCUT2D eigenvalue weighted by atomic mass is 10.1. The Morgan fingerprint density at radius 2 is 1.77 bits per heavy atom. The Kier molecular flexibility index (Phi) is 9.64. The first-order valence-electron chi connectivity index (χ1n) is 9.86. The van der Waals surface area contributed by atoms with Crippen LogP contribution in [-0.4, -0.2) is 55.5 Å². The lowest BCUT2D eigenvalue weighted by Gasteiger charge is -2.22. The number of guanidine groups is 1. The molecule has 31 heavy (non-hydrogen) atoms. The number of halogens is 1. The number of nitrogens with one attached hydrogen (secondary N) is 1. The van der Waals surface area contributed by atoms with Crippen LogP contribution in [0.4, 0.5) is 0 Å². The van der Waals surface area contributed by atoms with Gasteiger partial charge in [0, 0.05) is 39.6 Å². The van der Waals surface area contributed by atoms with E-state index in [-0.39, 0.29) is 24.0 Å². The van der Waals surface area contributed by atoms with Crippen LogP contribution < -0.4 is 14.8 Å². The molecule has 0 aliphatic carbocycles. The van der Waals surface area contributed by atoms with Gasteiger partial charge in [-0.2, -0.15) is 5.10 Å². The number of benzene rings is 2. The van der Waals surface area contributed by atoms with E-state index < -0.39 is 0 Å². The van der Waals surface area contributed by atoms with Crippen LogP contribution in [0.25, 0.3) is 5.69 Å². The fraction of sp³-hybridized carbons (Fsp3) is 0.304. The smallest absolute Gasteiger partial charge is 0.193 e. The summed E-state index contributed by atoms with van der Waals surface area (Å²) in [6.45, 7) is 1.53. The molecule has 0 spiro atoms. The van der Waals surface area contributed by atoms with E-state index in [0.717, 1.165) is 36.1 Å². The molecule has 7 nitrogen and oxygen atoms in total. The zero-order chi connectivity index (χ0) is 21.3. The number of rotatable bonds is 8. The molecule has 3 rings (SSSR count). The van der Waals surface area contributed by atoms with Crippen molar-refractivity contribution in [2.45, 2.75) is 13.0 Å². The molecule has 1 N–H and O–H groups in total. The van der Waals surface area contributed by atoms with Gasteiger partial charge in [0.15, 0.2) is 17.5 Å². The number of methoxy groups -OCH3 is 2. The molecule has 8 heteroatoms. The predicted octanol–water partition coefficient (Wildman–Crippen LogP) is 3.76. The Hall–Kier alpha value is -2.75. The van der Waals surface area contributed by atoms with Crippen molar-refractivity contribution in [3.8, 4) is 17.2 Å². The number of ether oxygens (including phenoxy) is 2. The molecule has 0 saturated heterocycles. The first-order chi connectivity index (χ1) is 14.6. The number of nitrogens with zero attached hydrogens (tertiary/aromatic N) is 4. The van der Waals surface area contributed by atoms with Gasteiger partial charge in [-0.15, -0.1) is 24.0 Å². The SMILES string of the molecule is CN=C(NCc1ccc(-n2cccn2)cc1)N(C)CCc1ccc(OC)c(OC)c1.I. The maximum Gasteiger partial charge on any atom is 0.193 e. The summed E-state index contributed by atoms with van der Waals surface area (Å²) < 4.78 is 12.5. The van der Waals surface area contributed by atoms with Crippen LogP contribution in [0.3, 0.4) is 0 Å². The van der Waals surface area contributed by atoms with Gasteiger partial charge in [0.2, 0.25) is 0 Å². The standard InChI is InChI=1S/C23H29N5O2.HI/c1-24-23(25-17-19-6-9-20(10-7-19)28-14-5-13-26-28)27(2)15-12-18-8-11-21(29-3)22(16-18)30-4;/h5-11,13-14,16H,12,15,17H2,1-4H3,(H,24,25);1H. The maximum absolute atomic E-state index is 5.39. The Labute approximate surface area is 201 Å². The third-order valence-electron chi connectivity index (χ3n) is 4.91. The van der Waals surface area contributed by atoms with Crippen molar-refractivity contribution in [1.82, 2.24) is 20.0 Å². The summed E-state index contributed by atoms with van der Waals surface area (Å²) in [5, 5.41) is 7.68. The van der Waals surface area contributed by atoms with Crippen molar-refractivity contribution in [2.24, 2.45) is 4.99 Å². The Balaban J connectivity index is 0.00000341. The van der Waals surface area contributed by atoms with Gasteiger partial charge in [0.1, 0.15) is 0 Å². The van der Waals surface area contributed by atoms with Crippen LogP contribution in [0.15, 0.2) is 65.9 Å². The van der Waals surface area contributed by atoms with Gasteiger partial charge in [0.25, 0.3) is 0 Å². The number of aromatic nitrogens is 2. The Bertz CT molecular complexity index is 959. The van der Waals surface area contributed by atoms with Crippen molar-refractivity contribution >= 4 is 29.9 Å². The molecule has 166 valence electrons. The lowest BCUT2D eigenvalue weighted by molar-refractivity contribution is 0.354. The zero-order valence-corrected chi connectivity index (χ0v) is 20.7. The molecule has 0 radical (unpaired) electrons. The highest BCUT2D eigenvalue weighted by atomic mass is 127. The van der Waals surface area contributed by atoms with E-state index in [1.54, 1.807) is 27.5 Å². The van der Waals surface area contributed by atoms with Gasteiger partial charge in [-0.05, 0) is 47.9 Å². The number of aliphatic imine (C=N–C) groups is 1. The highest BCUT2D eigenvalue weighted by Crippen LogP contribution is 2.27. The van der Waals surface area contributed by atoms with E-state index in [4.69, 9.17) is 9.47 Å². The van der Waals surface area contributed by atoms with Gasteiger partial charge in [-0.3, -0.25) is 4.99 Å². The predicted molar refractivity (Wildman–Crippen MR) is 135 cm³/mol. The molecule has 0 aliphatic heterocycles. The minimum atomic E-state index is 0. The Morgan fingerprint density at radius 3 is 2.39 bits per heavy atom. The molecule has 0 fully saturated rings. The summed E-state index contributed by atoms with van der Waals surface area (Å²) >= 11 is 0. The van der Waals surface area contributed by atoms with Gasteiger partial charge in [-0.25, -0.2) is 4.68 Å². The van der Waals surface area contributed by atoms with Gasteiger partial charge in [-0.1, -0.05) is 18.2 Å². The zero-order valence-electron chi connectivity index (χ0n) is 18.4. The third kappa shape index (κ3) is 6.61. The topological polar surface area (TPSA) is 63.9 Å². The average Bonchev–Trinajstić information content (AvgIpc) is 3.33. The second kappa shape index (κ2) is 12.2. The second-order valence-electron chi connectivity index (χ2n) is 6.88. The minimum absolute atomic E-state index is 0. The summed E-state index contributed by atoms with van der Waals surface area (Å²) in [5.41, 5.74) is 3.41. The summed E-state index contributed by atoms with van der Waals surface area (Å²) in [5.74, 6) is 2.34. The van der Waals surface area contributed by atoms with Crippen molar-refractivity contribution in [2.75, 3.05) is 34.9 Å². The fourth-order valence-corrected chi connectivity index (χ4v) is 3.19. The molecule has 0 atom stereocenters. The largest absolute Gasteiger partial charge is 0.493 e. The molecule has 1 aromatic heterocycles. The summed E-state index contributed by atoms with van der Waals surface area (Å²) in [4.78, 5) is 6.53. The van der Waals surface area contributed by atoms with Gasteiger partial charge >= 0.3 is 0 Å². The van der Waals surface area contributed by atoms with Crippen molar-refractivity contribution in [3.63, 3.8) is 0 Å². The highest BCUT2D eigenvalue weighted by molar-refractivity contribution is 14.0. The molecule has 3 aromatic rings. The van der Waals surface area contributed by atoms with Crippen LogP contribution in [0.2, 0.25) is 0 Å². The van der Waals surface area contributed by atoms with Crippen LogP contribution in [-0.2, 0) is 13.0 Å². The van der Waals surface area contributed by atoms with E-state index in [9.17, 15) is 0 Å². The number of hydrogen-bond acceptors (Lipinski definition) is 4. The lowest BCUT2D eigenvalue weighted by Crippen LogP contribution is -2.39. The van der Waals surface area contributed by atoms with Gasteiger partial charge in [0.05, 0.1) is 19.9 Å². The molecule has 0 amide bonds. The van der Waals surface area contributed by atoms with E-state index in [1.165, 1.54) is 11.1 Å². The third-order valence-corrected chi connectivity index (χ3v) is 4.91. The van der Waals surface area contributed by atoms with Crippen molar-refractivity contribution in [3.05, 3.63) is 72.1 Å². The Morgan fingerprint density at radius 1 is 1.06 bits per heavy atom. The monoisotopic (exact) mass is 535 g/mol. The molecular formula is C23H30IN5O2. The molecule has 0 saturated carbocycles. The normalized spacial score (nSPS) is 10.9. The van der Waals surface area contributed by atoms with E-state index in [2.05, 4.69) is 50.6 Å². The average molecular weight is 535 g/mol. The molecule has 0 unspecified atom stereocenters. The van der Waals surface area contributed by atoms with Crippen molar-refractivity contribution in [1.29, 1.82) is 0 Å². The number of likely N-dealkylation sites (N-methyl/N-ethyl adjacent to an activating group) is 1. The van der Waals surface area contributed by atoms with Crippen LogP contribution in [0.5, 0.6) is 11.5 Å². The van der Waals surface area contributed by atoms with Crippen molar-refractivity contribution < 1.29 is 9.47 Å². The van der Waals surface area contributed by atoms with E-state index >= 15 is 0 Å². The van der Waals surface area contributed by atoms with Crippen LogP contribution in [0, 0.1) is 0 Å². The summed E-state index contributed by atoms with van der Waals surface area (Å²) in [7, 11) is 7.14.